The Balaban J connectivity index is 2.05. The van der Waals surface area contributed by atoms with Crippen molar-refractivity contribution in [3.05, 3.63) is 81.3 Å². The Morgan fingerprint density at radius 2 is 2.04 bits per heavy atom. The van der Waals surface area contributed by atoms with Crippen LogP contribution in [-0.2, 0) is 13.1 Å². The van der Waals surface area contributed by atoms with Gasteiger partial charge in [0.15, 0.2) is 0 Å². The first-order chi connectivity index (χ1) is 13.1. The number of pyridine rings is 1. The van der Waals surface area contributed by atoms with E-state index in [0.29, 0.717) is 11.6 Å². The van der Waals surface area contributed by atoms with E-state index in [0.717, 1.165) is 27.0 Å². The second-order valence-electron chi connectivity index (χ2n) is 6.26. The van der Waals surface area contributed by atoms with Crippen molar-refractivity contribution in [1.29, 1.82) is 0 Å². The Labute approximate surface area is 167 Å². The van der Waals surface area contributed by atoms with Gasteiger partial charge in [0.25, 0.3) is 0 Å². The molecule has 6 nitrogen and oxygen atoms in total. The number of hydrogen-bond donors (Lipinski definition) is 0. The standard InChI is InChI=1S/C19H19ClN6S/c1-13(2)18-19(27-16-5-3-4-15(20)10-16)24-17(11-23-25-21)26(18)12-14-6-8-22-9-7-14/h3-10,13H,11-12H2,1-2H3. The smallest absolute Gasteiger partial charge is 0.123 e. The van der Waals surface area contributed by atoms with Crippen LogP contribution in [0.3, 0.4) is 0 Å². The first kappa shape index (κ1) is 19.3. The van der Waals surface area contributed by atoms with Crippen LogP contribution in [0.1, 0.15) is 36.8 Å². The molecule has 3 aromatic rings. The Morgan fingerprint density at radius 3 is 2.70 bits per heavy atom. The Bertz CT molecular complexity index is 964. The van der Waals surface area contributed by atoms with Crippen LogP contribution in [0.25, 0.3) is 10.4 Å². The van der Waals surface area contributed by atoms with Crippen molar-refractivity contribution in [3.63, 3.8) is 0 Å². The molecular formula is C19H19ClN6S. The molecule has 3 rings (SSSR count). The van der Waals surface area contributed by atoms with Gasteiger partial charge in [-0.1, -0.05) is 48.4 Å². The molecule has 0 amide bonds. The highest BCUT2D eigenvalue weighted by Gasteiger charge is 2.20. The molecule has 8 heteroatoms. The van der Waals surface area contributed by atoms with Crippen LogP contribution in [0.15, 0.2) is 63.8 Å². The lowest BCUT2D eigenvalue weighted by Crippen LogP contribution is -2.10. The van der Waals surface area contributed by atoms with Crippen LogP contribution >= 0.6 is 23.4 Å². The molecule has 27 heavy (non-hydrogen) atoms. The second-order valence-corrected chi connectivity index (χ2v) is 7.76. The van der Waals surface area contributed by atoms with E-state index in [4.69, 9.17) is 22.1 Å². The molecule has 0 spiro atoms. The number of halogens is 1. The van der Waals surface area contributed by atoms with Crippen molar-refractivity contribution in [3.8, 4) is 0 Å². The molecule has 0 N–H and O–H groups in total. The van der Waals surface area contributed by atoms with Gasteiger partial charge in [0, 0.05) is 33.8 Å². The molecule has 0 unspecified atom stereocenters. The number of imidazole rings is 1. The van der Waals surface area contributed by atoms with Crippen LogP contribution < -0.4 is 0 Å². The number of azide groups is 1. The fourth-order valence-corrected chi connectivity index (χ4v) is 4.24. The van der Waals surface area contributed by atoms with E-state index >= 15 is 0 Å². The average Bonchev–Trinajstić information content (AvgIpc) is 2.98. The minimum absolute atomic E-state index is 0.206. The average molecular weight is 399 g/mol. The summed E-state index contributed by atoms with van der Waals surface area (Å²) in [6.45, 7) is 5.13. The maximum Gasteiger partial charge on any atom is 0.123 e. The third-order valence-corrected chi connectivity index (χ3v) is 5.19. The minimum Gasteiger partial charge on any atom is -0.326 e. The first-order valence-corrected chi connectivity index (χ1v) is 9.70. The molecule has 0 saturated carbocycles. The van der Waals surface area contributed by atoms with Crippen LogP contribution in [0, 0.1) is 0 Å². The zero-order valence-corrected chi connectivity index (χ0v) is 16.7. The van der Waals surface area contributed by atoms with E-state index in [1.807, 2.05) is 36.4 Å². The summed E-state index contributed by atoms with van der Waals surface area (Å²) in [5.41, 5.74) is 11.0. The van der Waals surface area contributed by atoms with Crippen LogP contribution in [0.2, 0.25) is 5.02 Å². The fourth-order valence-electron chi connectivity index (χ4n) is 2.83. The monoisotopic (exact) mass is 398 g/mol. The van der Waals surface area contributed by atoms with Crippen LogP contribution in [0.5, 0.6) is 0 Å². The van der Waals surface area contributed by atoms with Crippen molar-refractivity contribution in [1.82, 2.24) is 14.5 Å². The number of nitrogens with zero attached hydrogens (tertiary/aromatic N) is 6. The highest BCUT2D eigenvalue weighted by atomic mass is 35.5. The summed E-state index contributed by atoms with van der Waals surface area (Å²) >= 11 is 7.70. The number of aromatic nitrogens is 3. The molecule has 0 aliphatic carbocycles. The number of hydrogen-bond acceptors (Lipinski definition) is 4. The molecule has 0 atom stereocenters. The molecule has 2 heterocycles. The zero-order chi connectivity index (χ0) is 19.2. The van der Waals surface area contributed by atoms with Gasteiger partial charge in [0.1, 0.15) is 10.9 Å². The van der Waals surface area contributed by atoms with Crippen molar-refractivity contribution in [2.75, 3.05) is 0 Å². The molecule has 2 aromatic heterocycles. The van der Waals surface area contributed by atoms with Crippen molar-refractivity contribution < 1.29 is 0 Å². The van der Waals surface area contributed by atoms with Gasteiger partial charge in [0.2, 0.25) is 0 Å². The van der Waals surface area contributed by atoms with Gasteiger partial charge in [0.05, 0.1) is 12.2 Å². The Morgan fingerprint density at radius 1 is 1.26 bits per heavy atom. The maximum atomic E-state index is 8.75. The van der Waals surface area contributed by atoms with E-state index in [-0.39, 0.29) is 12.5 Å². The molecule has 1 aromatic carbocycles. The third kappa shape index (κ3) is 4.83. The SMILES string of the molecule is CC(C)c1c(Sc2cccc(Cl)c2)nc(CN=[N+]=[N-])n1Cc1ccncc1. The maximum absolute atomic E-state index is 8.75. The summed E-state index contributed by atoms with van der Waals surface area (Å²) in [6, 6.07) is 11.7. The lowest BCUT2D eigenvalue weighted by atomic mass is 10.1. The predicted molar refractivity (Wildman–Crippen MR) is 108 cm³/mol. The quantitative estimate of drug-likeness (QED) is 0.275. The molecule has 0 fully saturated rings. The van der Waals surface area contributed by atoms with Gasteiger partial charge >= 0.3 is 0 Å². The van der Waals surface area contributed by atoms with Crippen molar-refractivity contribution in [2.45, 2.75) is 42.8 Å². The number of benzene rings is 1. The first-order valence-electron chi connectivity index (χ1n) is 8.51. The summed E-state index contributed by atoms with van der Waals surface area (Å²) in [5, 5.41) is 5.33. The summed E-state index contributed by atoms with van der Waals surface area (Å²) in [4.78, 5) is 12.8. The molecular weight excluding hydrogens is 380 g/mol. The molecule has 138 valence electrons. The summed E-state index contributed by atoms with van der Waals surface area (Å²) in [5.74, 6) is 0.999. The van der Waals surface area contributed by atoms with Crippen LogP contribution in [0.4, 0.5) is 0 Å². The van der Waals surface area contributed by atoms with Gasteiger partial charge in [-0.05, 0) is 47.3 Å². The van der Waals surface area contributed by atoms with Crippen molar-refractivity contribution in [2.24, 2.45) is 5.11 Å². The Kier molecular flexibility index (Phi) is 6.40. The Hall–Kier alpha value is -2.47. The summed E-state index contributed by atoms with van der Waals surface area (Å²) in [7, 11) is 0. The summed E-state index contributed by atoms with van der Waals surface area (Å²) < 4.78 is 2.14. The lowest BCUT2D eigenvalue weighted by molar-refractivity contribution is 0.649. The van der Waals surface area contributed by atoms with Gasteiger partial charge in [-0.25, -0.2) is 4.98 Å². The van der Waals surface area contributed by atoms with Crippen LogP contribution in [-0.4, -0.2) is 14.5 Å². The highest BCUT2D eigenvalue weighted by molar-refractivity contribution is 7.99. The molecule has 0 saturated heterocycles. The predicted octanol–water partition coefficient (Wildman–Crippen LogP) is 6.06. The number of rotatable bonds is 7. The normalized spacial score (nSPS) is 10.8. The second kappa shape index (κ2) is 8.95. The molecule has 0 aliphatic heterocycles. The highest BCUT2D eigenvalue weighted by Crippen LogP contribution is 2.35. The third-order valence-electron chi connectivity index (χ3n) is 3.97. The van der Waals surface area contributed by atoms with Gasteiger partial charge in [-0.3, -0.25) is 4.98 Å². The topological polar surface area (TPSA) is 79.5 Å². The zero-order valence-electron chi connectivity index (χ0n) is 15.1. The fraction of sp³-hybridized carbons (Fsp3) is 0.263. The largest absolute Gasteiger partial charge is 0.326 e. The van der Waals surface area contributed by atoms with Gasteiger partial charge in [-0.2, -0.15) is 0 Å². The van der Waals surface area contributed by atoms with E-state index in [1.165, 1.54) is 0 Å². The van der Waals surface area contributed by atoms with Gasteiger partial charge < -0.3 is 4.57 Å². The lowest BCUT2D eigenvalue weighted by Gasteiger charge is -2.15. The molecule has 0 bridgehead atoms. The van der Waals surface area contributed by atoms with Crippen molar-refractivity contribution >= 4 is 23.4 Å². The van der Waals surface area contributed by atoms with E-state index in [2.05, 4.69) is 33.4 Å². The minimum atomic E-state index is 0.206. The van der Waals surface area contributed by atoms with E-state index in [1.54, 1.807) is 24.2 Å². The van der Waals surface area contributed by atoms with E-state index < -0.39 is 0 Å². The van der Waals surface area contributed by atoms with Gasteiger partial charge in [-0.15, -0.1) is 0 Å². The molecule has 0 radical (unpaired) electrons. The summed E-state index contributed by atoms with van der Waals surface area (Å²) in [6.07, 6.45) is 3.55. The molecule has 0 aliphatic rings. The van der Waals surface area contributed by atoms with E-state index in [9.17, 15) is 0 Å².